The Morgan fingerprint density at radius 2 is 1.87 bits per heavy atom. The summed E-state index contributed by atoms with van der Waals surface area (Å²) >= 11 is 1.09. The van der Waals surface area contributed by atoms with Crippen molar-refractivity contribution in [1.29, 1.82) is 0 Å². The van der Waals surface area contributed by atoms with Crippen LogP contribution in [0.5, 0.6) is 0 Å². The smallest absolute Gasteiger partial charge is 0.267 e. The van der Waals surface area contributed by atoms with Crippen molar-refractivity contribution in [2.24, 2.45) is 0 Å². The van der Waals surface area contributed by atoms with Gasteiger partial charge in [-0.2, -0.15) is 5.10 Å². The summed E-state index contributed by atoms with van der Waals surface area (Å²) in [5.41, 5.74) is 1.80. The maximum Gasteiger partial charge on any atom is 0.267 e. The standard InChI is InChI=1S/C19H23N7O3S/c1-10-9-11(2)25(22-10)14-7-8-15(27)26(23-14)13(4)17(28)21-19-20-12(3)16(30-19)18(29)24(5)6/h7-9,13H,1-6H3,(H,20,21,28). The highest BCUT2D eigenvalue weighted by molar-refractivity contribution is 7.17. The molecule has 0 radical (unpaired) electrons. The van der Waals surface area contributed by atoms with Crippen molar-refractivity contribution in [2.45, 2.75) is 33.7 Å². The normalized spacial score (nSPS) is 11.9. The van der Waals surface area contributed by atoms with Crippen LogP contribution < -0.4 is 10.9 Å². The topological polar surface area (TPSA) is 115 Å². The number of carbonyl (C=O) groups is 2. The van der Waals surface area contributed by atoms with Gasteiger partial charge in [-0.3, -0.25) is 14.4 Å². The first-order valence-corrected chi connectivity index (χ1v) is 10.0. The van der Waals surface area contributed by atoms with Gasteiger partial charge in [0.25, 0.3) is 17.4 Å². The lowest BCUT2D eigenvalue weighted by atomic mass is 10.3. The van der Waals surface area contributed by atoms with Gasteiger partial charge in [0.05, 0.1) is 11.4 Å². The Kier molecular flexibility index (Phi) is 5.83. The fourth-order valence-electron chi connectivity index (χ4n) is 2.84. The van der Waals surface area contributed by atoms with Crippen molar-refractivity contribution >= 4 is 28.3 Å². The van der Waals surface area contributed by atoms with E-state index in [2.05, 4.69) is 20.5 Å². The first-order valence-electron chi connectivity index (χ1n) is 9.22. The summed E-state index contributed by atoms with van der Waals surface area (Å²) in [6, 6.07) is 3.91. The molecule has 1 unspecified atom stereocenters. The van der Waals surface area contributed by atoms with Crippen LogP contribution in [-0.2, 0) is 4.79 Å². The maximum atomic E-state index is 12.7. The Morgan fingerprint density at radius 1 is 1.17 bits per heavy atom. The second kappa shape index (κ2) is 8.19. The predicted molar refractivity (Wildman–Crippen MR) is 113 cm³/mol. The number of amides is 2. The third-order valence-corrected chi connectivity index (χ3v) is 5.47. The lowest BCUT2D eigenvalue weighted by Gasteiger charge is -2.14. The van der Waals surface area contributed by atoms with Crippen LogP contribution in [0.15, 0.2) is 23.0 Å². The Bertz CT molecular complexity index is 1180. The first kappa shape index (κ1) is 21.4. The third-order valence-electron chi connectivity index (χ3n) is 4.41. The van der Waals surface area contributed by atoms with E-state index >= 15 is 0 Å². The summed E-state index contributed by atoms with van der Waals surface area (Å²) in [6.45, 7) is 7.02. The van der Waals surface area contributed by atoms with Crippen molar-refractivity contribution in [3.63, 3.8) is 0 Å². The number of aryl methyl sites for hydroxylation is 3. The van der Waals surface area contributed by atoms with Crippen LogP contribution in [-0.4, -0.2) is 55.4 Å². The summed E-state index contributed by atoms with van der Waals surface area (Å²) < 4.78 is 2.71. The zero-order chi connectivity index (χ0) is 22.2. The van der Waals surface area contributed by atoms with Crippen molar-refractivity contribution in [1.82, 2.24) is 29.4 Å². The van der Waals surface area contributed by atoms with Crippen molar-refractivity contribution < 1.29 is 9.59 Å². The second-order valence-electron chi connectivity index (χ2n) is 7.11. The van der Waals surface area contributed by atoms with Crippen LogP contribution in [0.3, 0.4) is 0 Å². The number of rotatable bonds is 5. The molecule has 3 aromatic heterocycles. The van der Waals surface area contributed by atoms with E-state index in [-0.39, 0.29) is 11.0 Å². The molecular weight excluding hydrogens is 406 g/mol. The van der Waals surface area contributed by atoms with Gasteiger partial charge in [-0.05, 0) is 39.8 Å². The first-order chi connectivity index (χ1) is 14.1. The molecule has 0 aromatic carbocycles. The average Bonchev–Trinajstić information content (AvgIpc) is 3.21. The second-order valence-corrected chi connectivity index (χ2v) is 8.11. The molecule has 0 aliphatic carbocycles. The summed E-state index contributed by atoms with van der Waals surface area (Å²) in [6.07, 6.45) is 0. The molecule has 1 N–H and O–H groups in total. The van der Waals surface area contributed by atoms with E-state index in [9.17, 15) is 14.4 Å². The number of carbonyl (C=O) groups excluding carboxylic acids is 2. The molecule has 0 aliphatic heterocycles. The zero-order valence-electron chi connectivity index (χ0n) is 17.6. The minimum absolute atomic E-state index is 0.186. The lowest BCUT2D eigenvalue weighted by Crippen LogP contribution is -2.33. The molecule has 3 rings (SSSR count). The molecule has 30 heavy (non-hydrogen) atoms. The maximum absolute atomic E-state index is 12.7. The van der Waals surface area contributed by atoms with Gasteiger partial charge < -0.3 is 10.2 Å². The molecule has 11 heteroatoms. The average molecular weight is 430 g/mol. The van der Waals surface area contributed by atoms with Gasteiger partial charge in [-0.25, -0.2) is 14.3 Å². The Hall–Kier alpha value is -3.34. The third kappa shape index (κ3) is 4.15. The van der Waals surface area contributed by atoms with Gasteiger partial charge in [0.15, 0.2) is 10.9 Å². The van der Waals surface area contributed by atoms with Crippen LogP contribution in [0, 0.1) is 20.8 Å². The predicted octanol–water partition coefficient (Wildman–Crippen LogP) is 1.71. The highest BCUT2D eigenvalue weighted by Crippen LogP contribution is 2.24. The van der Waals surface area contributed by atoms with E-state index in [1.807, 2.05) is 19.9 Å². The molecule has 10 nitrogen and oxygen atoms in total. The molecule has 1 atom stereocenters. The van der Waals surface area contributed by atoms with Gasteiger partial charge in [0, 0.05) is 25.9 Å². The van der Waals surface area contributed by atoms with E-state index in [0.717, 1.165) is 27.4 Å². The largest absolute Gasteiger partial charge is 0.344 e. The van der Waals surface area contributed by atoms with E-state index in [0.29, 0.717) is 16.4 Å². The zero-order valence-corrected chi connectivity index (χ0v) is 18.4. The van der Waals surface area contributed by atoms with Crippen molar-refractivity contribution in [2.75, 3.05) is 19.4 Å². The monoisotopic (exact) mass is 429 g/mol. The van der Waals surface area contributed by atoms with Gasteiger partial charge in [-0.1, -0.05) is 11.3 Å². The molecule has 0 fully saturated rings. The van der Waals surface area contributed by atoms with E-state index < -0.39 is 17.5 Å². The van der Waals surface area contributed by atoms with E-state index in [1.165, 1.54) is 11.0 Å². The van der Waals surface area contributed by atoms with Gasteiger partial charge >= 0.3 is 0 Å². The quantitative estimate of drug-likeness (QED) is 0.660. The van der Waals surface area contributed by atoms with Crippen LogP contribution in [0.25, 0.3) is 5.82 Å². The summed E-state index contributed by atoms with van der Waals surface area (Å²) in [7, 11) is 3.30. The molecule has 0 saturated carbocycles. The molecule has 3 heterocycles. The minimum Gasteiger partial charge on any atom is -0.344 e. The Balaban J connectivity index is 1.86. The lowest BCUT2D eigenvalue weighted by molar-refractivity contribution is -0.119. The number of hydrogen-bond donors (Lipinski definition) is 1. The van der Waals surface area contributed by atoms with Gasteiger partial charge in [0.2, 0.25) is 0 Å². The summed E-state index contributed by atoms with van der Waals surface area (Å²) in [5.74, 6) is -0.217. The van der Waals surface area contributed by atoms with Crippen LogP contribution >= 0.6 is 11.3 Å². The van der Waals surface area contributed by atoms with E-state index in [4.69, 9.17) is 0 Å². The number of aromatic nitrogens is 5. The molecular formula is C19H23N7O3S. The van der Waals surface area contributed by atoms with Gasteiger partial charge in [0.1, 0.15) is 10.9 Å². The van der Waals surface area contributed by atoms with Crippen LogP contribution in [0.4, 0.5) is 5.13 Å². The molecule has 0 spiro atoms. The number of nitrogens with one attached hydrogen (secondary N) is 1. The molecule has 0 bridgehead atoms. The summed E-state index contributed by atoms with van der Waals surface area (Å²) in [5, 5.41) is 11.6. The number of hydrogen-bond acceptors (Lipinski definition) is 7. The Morgan fingerprint density at radius 3 is 2.47 bits per heavy atom. The molecule has 0 saturated heterocycles. The van der Waals surface area contributed by atoms with Crippen molar-refractivity contribution in [3.05, 3.63) is 50.5 Å². The van der Waals surface area contributed by atoms with E-state index in [1.54, 1.807) is 38.7 Å². The van der Waals surface area contributed by atoms with Crippen LogP contribution in [0.1, 0.15) is 39.7 Å². The molecule has 0 aliphatic rings. The Labute approximate surface area is 177 Å². The minimum atomic E-state index is -0.897. The number of nitrogens with zero attached hydrogens (tertiary/aromatic N) is 6. The number of anilines is 1. The van der Waals surface area contributed by atoms with Crippen LogP contribution in [0.2, 0.25) is 0 Å². The number of thiazole rings is 1. The van der Waals surface area contributed by atoms with Crippen molar-refractivity contribution in [3.8, 4) is 5.82 Å². The molecule has 158 valence electrons. The highest BCUT2D eigenvalue weighted by atomic mass is 32.1. The molecule has 3 aromatic rings. The van der Waals surface area contributed by atoms with Gasteiger partial charge in [-0.15, -0.1) is 5.10 Å². The highest BCUT2D eigenvalue weighted by Gasteiger charge is 2.22. The molecule has 2 amide bonds. The fourth-order valence-corrected chi connectivity index (χ4v) is 3.83. The SMILES string of the molecule is Cc1cc(C)n(-c2ccc(=O)n(C(C)C(=O)Nc3nc(C)c(C(=O)N(C)C)s3)n2)n1. The fraction of sp³-hybridized carbons (Fsp3) is 0.368. The summed E-state index contributed by atoms with van der Waals surface area (Å²) in [4.78, 5) is 43.4.